The van der Waals surface area contributed by atoms with Gasteiger partial charge in [0.25, 0.3) is 0 Å². The number of para-hydroxylation sites is 1. The fourth-order valence-electron chi connectivity index (χ4n) is 6.18. The third-order valence-corrected chi connectivity index (χ3v) is 7.78. The van der Waals surface area contributed by atoms with E-state index in [1.54, 1.807) is 0 Å². The Morgan fingerprint density at radius 2 is 2.00 bits per heavy atom. The lowest BCUT2D eigenvalue weighted by molar-refractivity contribution is -0.118. The van der Waals surface area contributed by atoms with Crippen LogP contribution < -0.4 is 15.0 Å². The number of nitrogens with one attached hydrogen (secondary N) is 1. The monoisotopic (exact) mass is 445 g/mol. The maximum atomic E-state index is 12.2. The molecule has 6 heteroatoms. The Kier molecular flexibility index (Phi) is 5.33. The number of anilines is 2. The first-order valence-corrected chi connectivity index (χ1v) is 12.3. The van der Waals surface area contributed by atoms with E-state index in [0.717, 1.165) is 62.3 Å². The molecule has 3 heterocycles. The third kappa shape index (κ3) is 3.90. The Bertz CT molecular complexity index is 1100. The zero-order valence-corrected chi connectivity index (χ0v) is 19.0. The highest BCUT2D eigenvalue weighted by atomic mass is 16.5. The zero-order chi connectivity index (χ0) is 22.4. The van der Waals surface area contributed by atoms with Crippen molar-refractivity contribution in [3.63, 3.8) is 0 Å². The smallest absolute Gasteiger partial charge is 0.243 e. The standard InChI is InChI=1S/C27H31N3O3/c31-20-8-6-18-7-9-21(15-19(18)14-20)33-13-2-1-11-29-12-10-25-23(16-29)22-4-3-5-24-27(22)30(25)17-26(32)28-24/h3-5,7,9,15,23,25H,1-2,6,8,10-14,16-17H2,(H,28,32)/t23-,25-/m0/s1. The van der Waals surface area contributed by atoms with Gasteiger partial charge in [-0.1, -0.05) is 18.2 Å². The number of carbonyl (C=O) groups excluding carboxylic acids is 2. The highest BCUT2D eigenvalue weighted by Gasteiger charge is 2.44. The van der Waals surface area contributed by atoms with E-state index in [1.807, 2.05) is 12.1 Å². The predicted octanol–water partition coefficient (Wildman–Crippen LogP) is 3.53. The van der Waals surface area contributed by atoms with Gasteiger partial charge < -0.3 is 19.9 Å². The van der Waals surface area contributed by atoms with Crippen molar-refractivity contribution in [2.24, 2.45) is 0 Å². The summed E-state index contributed by atoms with van der Waals surface area (Å²) in [6.45, 7) is 4.42. The number of hydrogen-bond donors (Lipinski definition) is 1. The molecular weight excluding hydrogens is 414 g/mol. The summed E-state index contributed by atoms with van der Waals surface area (Å²) >= 11 is 0. The zero-order valence-electron chi connectivity index (χ0n) is 19.0. The van der Waals surface area contributed by atoms with Gasteiger partial charge in [0.05, 0.1) is 24.5 Å². The summed E-state index contributed by atoms with van der Waals surface area (Å²) in [6.07, 6.45) is 5.32. The number of benzene rings is 2. The van der Waals surface area contributed by atoms with E-state index in [9.17, 15) is 9.59 Å². The molecule has 1 aliphatic carbocycles. The van der Waals surface area contributed by atoms with Gasteiger partial charge in [-0.25, -0.2) is 0 Å². The van der Waals surface area contributed by atoms with Crippen LogP contribution in [0, 0.1) is 0 Å². The van der Waals surface area contributed by atoms with Crippen molar-refractivity contribution in [2.45, 2.75) is 50.5 Å². The summed E-state index contributed by atoms with van der Waals surface area (Å²) in [7, 11) is 0. The minimum Gasteiger partial charge on any atom is -0.494 e. The molecule has 0 spiro atoms. The molecule has 0 unspecified atom stereocenters. The van der Waals surface area contributed by atoms with Crippen LogP contribution >= 0.6 is 0 Å². The first kappa shape index (κ1) is 20.7. The van der Waals surface area contributed by atoms with E-state index >= 15 is 0 Å². The van der Waals surface area contributed by atoms with Gasteiger partial charge >= 0.3 is 0 Å². The summed E-state index contributed by atoms with van der Waals surface area (Å²) in [6, 6.07) is 13.0. The largest absolute Gasteiger partial charge is 0.494 e. The highest BCUT2D eigenvalue weighted by Crippen LogP contribution is 2.49. The Balaban J connectivity index is 1.00. The van der Waals surface area contributed by atoms with Crippen molar-refractivity contribution in [1.82, 2.24) is 4.90 Å². The molecule has 1 amide bonds. The number of Topliss-reactive ketones (excluding diaryl/α,β-unsaturated/α-hetero) is 1. The molecular formula is C27H31N3O3. The number of ether oxygens (including phenoxy) is 1. The quantitative estimate of drug-likeness (QED) is 0.690. The maximum Gasteiger partial charge on any atom is 0.243 e. The molecule has 6 rings (SSSR count). The van der Waals surface area contributed by atoms with Crippen LogP contribution in [0.5, 0.6) is 5.75 Å². The summed E-state index contributed by atoms with van der Waals surface area (Å²) in [5, 5.41) is 3.05. The molecule has 0 bridgehead atoms. The molecule has 2 atom stereocenters. The Labute approximate surface area is 194 Å². The number of aryl methyl sites for hydroxylation is 1. The van der Waals surface area contributed by atoms with Gasteiger partial charge in [-0.2, -0.15) is 0 Å². The number of rotatable bonds is 6. The van der Waals surface area contributed by atoms with Crippen molar-refractivity contribution in [3.8, 4) is 5.75 Å². The summed E-state index contributed by atoms with van der Waals surface area (Å²) < 4.78 is 6.00. The molecule has 0 aromatic heterocycles. The number of fused-ring (bicyclic) bond motifs is 4. The predicted molar refractivity (Wildman–Crippen MR) is 128 cm³/mol. The van der Waals surface area contributed by atoms with Gasteiger partial charge in [0.2, 0.25) is 5.91 Å². The topological polar surface area (TPSA) is 61.9 Å². The first-order chi connectivity index (χ1) is 16.2. The molecule has 0 saturated carbocycles. The average molecular weight is 446 g/mol. The number of amides is 1. The number of piperidine rings is 1. The number of unbranched alkanes of at least 4 members (excludes halogenated alkanes) is 1. The van der Waals surface area contributed by atoms with Crippen molar-refractivity contribution in [1.29, 1.82) is 0 Å². The van der Waals surface area contributed by atoms with Gasteiger partial charge in [0, 0.05) is 37.9 Å². The molecule has 1 N–H and O–H groups in total. The van der Waals surface area contributed by atoms with Crippen molar-refractivity contribution in [2.75, 3.05) is 43.0 Å². The lowest BCUT2D eigenvalue weighted by atomic mass is 9.89. The van der Waals surface area contributed by atoms with Crippen LogP contribution in [0.15, 0.2) is 36.4 Å². The molecule has 1 fully saturated rings. The second-order valence-electron chi connectivity index (χ2n) is 9.88. The van der Waals surface area contributed by atoms with Crippen LogP contribution in [-0.2, 0) is 22.4 Å². The number of carbonyl (C=O) groups is 2. The molecule has 3 aliphatic heterocycles. The first-order valence-electron chi connectivity index (χ1n) is 12.3. The Hall–Kier alpha value is -2.86. The van der Waals surface area contributed by atoms with Crippen LogP contribution in [-0.4, -0.2) is 55.4 Å². The fourth-order valence-corrected chi connectivity index (χ4v) is 6.18. The van der Waals surface area contributed by atoms with Crippen LogP contribution in [0.25, 0.3) is 0 Å². The second-order valence-corrected chi connectivity index (χ2v) is 9.88. The van der Waals surface area contributed by atoms with E-state index in [0.29, 0.717) is 43.7 Å². The fraction of sp³-hybridized carbons (Fsp3) is 0.481. The lowest BCUT2D eigenvalue weighted by Gasteiger charge is -2.39. The third-order valence-electron chi connectivity index (χ3n) is 7.78. The minimum atomic E-state index is 0.105. The minimum absolute atomic E-state index is 0.105. The van der Waals surface area contributed by atoms with Crippen LogP contribution in [0.2, 0.25) is 0 Å². The average Bonchev–Trinajstić information content (AvgIpc) is 3.13. The summed E-state index contributed by atoms with van der Waals surface area (Å²) in [5.41, 5.74) is 6.07. The molecule has 2 aromatic rings. The van der Waals surface area contributed by atoms with Gasteiger partial charge in [-0.3, -0.25) is 9.59 Å². The van der Waals surface area contributed by atoms with E-state index in [4.69, 9.17) is 4.74 Å². The van der Waals surface area contributed by atoms with Gasteiger partial charge in [-0.05, 0) is 67.1 Å². The van der Waals surface area contributed by atoms with E-state index < -0.39 is 0 Å². The molecule has 1 saturated heterocycles. The summed E-state index contributed by atoms with van der Waals surface area (Å²) in [4.78, 5) is 28.8. The van der Waals surface area contributed by atoms with E-state index in [-0.39, 0.29) is 5.91 Å². The van der Waals surface area contributed by atoms with E-state index in [1.165, 1.54) is 16.8 Å². The van der Waals surface area contributed by atoms with E-state index in [2.05, 4.69) is 39.4 Å². The van der Waals surface area contributed by atoms with Gasteiger partial charge in [0.15, 0.2) is 0 Å². The highest BCUT2D eigenvalue weighted by molar-refractivity contribution is 6.03. The van der Waals surface area contributed by atoms with Crippen molar-refractivity contribution >= 4 is 23.1 Å². The Morgan fingerprint density at radius 3 is 2.94 bits per heavy atom. The van der Waals surface area contributed by atoms with Gasteiger partial charge in [-0.15, -0.1) is 0 Å². The second kappa shape index (κ2) is 8.49. The molecule has 33 heavy (non-hydrogen) atoms. The Morgan fingerprint density at radius 1 is 1.06 bits per heavy atom. The van der Waals surface area contributed by atoms with Crippen LogP contribution in [0.4, 0.5) is 11.4 Å². The lowest BCUT2D eigenvalue weighted by Crippen LogP contribution is -2.49. The number of ketones is 1. The molecule has 4 aliphatic rings. The maximum absolute atomic E-state index is 12.2. The van der Waals surface area contributed by atoms with Crippen molar-refractivity contribution < 1.29 is 14.3 Å². The number of nitrogens with zero attached hydrogens (tertiary/aromatic N) is 2. The van der Waals surface area contributed by atoms with Crippen LogP contribution in [0.3, 0.4) is 0 Å². The van der Waals surface area contributed by atoms with Crippen molar-refractivity contribution in [3.05, 3.63) is 53.1 Å². The molecule has 172 valence electrons. The molecule has 2 aromatic carbocycles. The molecule has 6 nitrogen and oxygen atoms in total. The van der Waals surface area contributed by atoms with Crippen LogP contribution in [0.1, 0.15) is 48.3 Å². The normalized spacial score (nSPS) is 23.6. The number of hydrogen-bond acceptors (Lipinski definition) is 5. The number of likely N-dealkylation sites (tertiary alicyclic amines) is 1. The molecule has 0 radical (unpaired) electrons. The SMILES string of the molecule is O=C1CCc2ccc(OCCCCN3CC[C@H]4[C@@H](C3)c3cccc5c3N4CC(=O)N5)cc2C1. The van der Waals surface area contributed by atoms with Gasteiger partial charge in [0.1, 0.15) is 11.5 Å². The summed E-state index contributed by atoms with van der Waals surface area (Å²) in [5.74, 6) is 1.80.